The lowest BCUT2D eigenvalue weighted by Gasteiger charge is -2.17. The first-order valence-electron chi connectivity index (χ1n) is 8.24. The van der Waals surface area contributed by atoms with Crippen LogP contribution < -0.4 is 5.32 Å². The SMILES string of the molecule is Cc1ccc(CC(C)NC(=O)c2ccccc2-n2cnnn2)c(C)c1. The highest BCUT2D eigenvalue weighted by Crippen LogP contribution is 2.15. The number of hydrogen-bond acceptors (Lipinski definition) is 4. The highest BCUT2D eigenvalue weighted by atomic mass is 16.1. The van der Waals surface area contributed by atoms with Crippen molar-refractivity contribution in [2.24, 2.45) is 0 Å². The summed E-state index contributed by atoms with van der Waals surface area (Å²) in [6, 6.07) is 13.7. The molecule has 0 saturated carbocycles. The van der Waals surface area contributed by atoms with Gasteiger partial charge in [-0.25, -0.2) is 0 Å². The Morgan fingerprint density at radius 1 is 1.20 bits per heavy atom. The largest absolute Gasteiger partial charge is 0.349 e. The summed E-state index contributed by atoms with van der Waals surface area (Å²) in [6.45, 7) is 6.19. The molecule has 6 heteroatoms. The van der Waals surface area contributed by atoms with Crippen LogP contribution in [0.5, 0.6) is 0 Å². The summed E-state index contributed by atoms with van der Waals surface area (Å²) < 4.78 is 1.49. The first kappa shape index (κ1) is 16.8. The number of carbonyl (C=O) groups is 1. The maximum absolute atomic E-state index is 12.7. The molecule has 1 unspecified atom stereocenters. The lowest BCUT2D eigenvalue weighted by atomic mass is 9.99. The first-order valence-corrected chi connectivity index (χ1v) is 8.24. The molecule has 1 N–H and O–H groups in total. The molecule has 1 aromatic heterocycles. The van der Waals surface area contributed by atoms with Crippen molar-refractivity contribution in [1.29, 1.82) is 0 Å². The number of nitrogens with one attached hydrogen (secondary N) is 1. The molecule has 1 atom stereocenters. The molecule has 0 saturated heterocycles. The van der Waals surface area contributed by atoms with Gasteiger partial charge in [0.25, 0.3) is 5.91 Å². The van der Waals surface area contributed by atoms with Gasteiger partial charge in [0.2, 0.25) is 0 Å². The van der Waals surface area contributed by atoms with E-state index in [0.717, 1.165) is 6.42 Å². The van der Waals surface area contributed by atoms with Crippen molar-refractivity contribution in [2.45, 2.75) is 33.2 Å². The Kier molecular flexibility index (Phi) is 4.88. The fourth-order valence-corrected chi connectivity index (χ4v) is 2.89. The highest BCUT2D eigenvalue weighted by Gasteiger charge is 2.16. The smallest absolute Gasteiger partial charge is 0.253 e. The molecule has 25 heavy (non-hydrogen) atoms. The standard InChI is InChI=1S/C19H21N5O/c1-13-8-9-16(14(2)10-13)11-15(3)21-19(25)17-6-4-5-7-18(17)24-12-20-22-23-24/h4-10,12,15H,11H2,1-3H3,(H,21,25). The number of nitrogens with zero attached hydrogens (tertiary/aromatic N) is 4. The van der Waals surface area contributed by atoms with Gasteiger partial charge < -0.3 is 5.32 Å². The molecule has 2 aromatic carbocycles. The van der Waals surface area contributed by atoms with Gasteiger partial charge in [0, 0.05) is 6.04 Å². The third-order valence-electron chi connectivity index (χ3n) is 4.15. The summed E-state index contributed by atoms with van der Waals surface area (Å²) in [7, 11) is 0. The van der Waals surface area contributed by atoms with E-state index in [1.165, 1.54) is 27.7 Å². The molecule has 0 fully saturated rings. The first-order chi connectivity index (χ1) is 12.0. The van der Waals surface area contributed by atoms with E-state index in [0.29, 0.717) is 11.3 Å². The van der Waals surface area contributed by atoms with Crippen LogP contribution in [0.1, 0.15) is 34.0 Å². The Labute approximate surface area is 146 Å². The second-order valence-electron chi connectivity index (χ2n) is 6.28. The third kappa shape index (κ3) is 3.91. The van der Waals surface area contributed by atoms with E-state index in [1.807, 2.05) is 25.1 Å². The minimum absolute atomic E-state index is 0.0100. The van der Waals surface area contributed by atoms with E-state index in [1.54, 1.807) is 6.07 Å². The van der Waals surface area contributed by atoms with Crippen LogP contribution in [0.4, 0.5) is 0 Å². The van der Waals surface area contributed by atoms with Crippen molar-refractivity contribution in [3.05, 3.63) is 71.0 Å². The summed E-state index contributed by atoms with van der Waals surface area (Å²) in [6.07, 6.45) is 2.26. The monoisotopic (exact) mass is 335 g/mol. The molecule has 1 heterocycles. The molecular formula is C19H21N5O. The lowest BCUT2D eigenvalue weighted by molar-refractivity contribution is 0.0940. The van der Waals surface area contributed by atoms with Crippen molar-refractivity contribution in [3.63, 3.8) is 0 Å². The lowest BCUT2D eigenvalue weighted by Crippen LogP contribution is -2.34. The molecule has 0 aliphatic carbocycles. The van der Waals surface area contributed by atoms with Crippen molar-refractivity contribution in [1.82, 2.24) is 25.5 Å². The van der Waals surface area contributed by atoms with Crippen molar-refractivity contribution in [3.8, 4) is 5.69 Å². The van der Waals surface area contributed by atoms with E-state index >= 15 is 0 Å². The number of para-hydroxylation sites is 1. The molecule has 1 amide bonds. The van der Waals surface area contributed by atoms with Crippen LogP contribution in [0.15, 0.2) is 48.8 Å². The number of aromatic nitrogens is 4. The number of tetrazole rings is 1. The maximum atomic E-state index is 12.7. The van der Waals surface area contributed by atoms with Gasteiger partial charge in [-0.2, -0.15) is 4.68 Å². The summed E-state index contributed by atoms with van der Waals surface area (Å²) >= 11 is 0. The number of carbonyl (C=O) groups excluding carboxylic acids is 1. The van der Waals surface area contributed by atoms with Gasteiger partial charge in [-0.15, -0.1) is 5.10 Å². The number of amides is 1. The topological polar surface area (TPSA) is 72.7 Å². The minimum Gasteiger partial charge on any atom is -0.349 e. The number of hydrogen-bond donors (Lipinski definition) is 1. The fourth-order valence-electron chi connectivity index (χ4n) is 2.89. The summed E-state index contributed by atoms with van der Waals surface area (Å²) in [5.41, 5.74) is 4.93. The average molecular weight is 335 g/mol. The molecular weight excluding hydrogens is 314 g/mol. The average Bonchev–Trinajstić information content (AvgIpc) is 3.12. The van der Waals surface area contributed by atoms with Crippen LogP contribution in [0.25, 0.3) is 5.69 Å². The molecule has 6 nitrogen and oxygen atoms in total. The van der Waals surface area contributed by atoms with Gasteiger partial charge in [-0.3, -0.25) is 4.79 Å². The van der Waals surface area contributed by atoms with Gasteiger partial charge in [-0.1, -0.05) is 35.9 Å². The van der Waals surface area contributed by atoms with Crippen LogP contribution in [0, 0.1) is 13.8 Å². The third-order valence-corrected chi connectivity index (χ3v) is 4.15. The van der Waals surface area contributed by atoms with Crippen LogP contribution >= 0.6 is 0 Å². The second-order valence-corrected chi connectivity index (χ2v) is 6.28. The molecule has 128 valence electrons. The summed E-state index contributed by atoms with van der Waals surface area (Å²) in [4.78, 5) is 12.7. The van der Waals surface area contributed by atoms with E-state index in [4.69, 9.17) is 0 Å². The van der Waals surface area contributed by atoms with Crippen LogP contribution in [0.2, 0.25) is 0 Å². The number of aryl methyl sites for hydroxylation is 2. The Bertz CT molecular complexity index is 873. The van der Waals surface area contributed by atoms with Crippen LogP contribution in [-0.2, 0) is 6.42 Å². The van der Waals surface area contributed by atoms with E-state index in [-0.39, 0.29) is 11.9 Å². The van der Waals surface area contributed by atoms with Crippen LogP contribution in [-0.4, -0.2) is 32.2 Å². The predicted molar refractivity (Wildman–Crippen MR) is 95.7 cm³/mol. The van der Waals surface area contributed by atoms with E-state index < -0.39 is 0 Å². The zero-order valence-electron chi connectivity index (χ0n) is 14.6. The molecule has 0 aliphatic heterocycles. The van der Waals surface area contributed by atoms with Gasteiger partial charge in [0.1, 0.15) is 6.33 Å². The Morgan fingerprint density at radius 2 is 2.00 bits per heavy atom. The Morgan fingerprint density at radius 3 is 2.72 bits per heavy atom. The summed E-state index contributed by atoms with van der Waals surface area (Å²) in [5, 5.41) is 14.2. The minimum atomic E-state index is -0.136. The van der Waals surface area contributed by atoms with E-state index in [9.17, 15) is 4.79 Å². The van der Waals surface area contributed by atoms with Crippen molar-refractivity contribution in [2.75, 3.05) is 0 Å². The molecule has 3 aromatic rings. The number of benzene rings is 2. The normalized spacial score (nSPS) is 12.0. The van der Waals surface area contributed by atoms with Gasteiger partial charge in [-0.05, 0) is 60.9 Å². The maximum Gasteiger partial charge on any atom is 0.253 e. The van der Waals surface area contributed by atoms with Gasteiger partial charge >= 0.3 is 0 Å². The Hall–Kier alpha value is -3.02. The second kappa shape index (κ2) is 7.25. The quantitative estimate of drug-likeness (QED) is 0.778. The van der Waals surface area contributed by atoms with Crippen molar-refractivity contribution >= 4 is 5.91 Å². The zero-order chi connectivity index (χ0) is 17.8. The molecule has 3 rings (SSSR count). The van der Waals surface area contributed by atoms with E-state index in [2.05, 4.69) is 52.9 Å². The van der Waals surface area contributed by atoms with Crippen molar-refractivity contribution < 1.29 is 4.79 Å². The highest BCUT2D eigenvalue weighted by molar-refractivity contribution is 5.97. The molecule has 0 aliphatic rings. The Balaban J connectivity index is 1.74. The number of rotatable bonds is 5. The molecule has 0 bridgehead atoms. The summed E-state index contributed by atoms with van der Waals surface area (Å²) in [5.74, 6) is -0.136. The molecule has 0 radical (unpaired) electrons. The van der Waals surface area contributed by atoms with Gasteiger partial charge in [0.15, 0.2) is 0 Å². The fraction of sp³-hybridized carbons (Fsp3) is 0.263. The van der Waals surface area contributed by atoms with Gasteiger partial charge in [0.05, 0.1) is 11.3 Å². The zero-order valence-corrected chi connectivity index (χ0v) is 14.6. The van der Waals surface area contributed by atoms with Crippen LogP contribution in [0.3, 0.4) is 0 Å². The molecule has 0 spiro atoms. The predicted octanol–water partition coefficient (Wildman–Crippen LogP) is 2.64.